The summed E-state index contributed by atoms with van der Waals surface area (Å²) < 4.78 is 0. The van der Waals surface area contributed by atoms with Crippen molar-refractivity contribution in [2.75, 3.05) is 7.05 Å². The minimum absolute atomic E-state index is 0.129. The summed E-state index contributed by atoms with van der Waals surface area (Å²) in [6, 6.07) is 10.7. The normalized spacial score (nSPS) is 25.1. The van der Waals surface area contributed by atoms with Gasteiger partial charge in [-0.15, -0.1) is 0 Å². The zero-order valence-electron chi connectivity index (χ0n) is 13.6. The van der Waals surface area contributed by atoms with Gasteiger partial charge in [0.2, 0.25) is 0 Å². The van der Waals surface area contributed by atoms with E-state index in [2.05, 4.69) is 80.0 Å². The molecule has 0 saturated carbocycles. The largest absolute Gasteiger partial charge is 0.314 e. The van der Waals surface area contributed by atoms with Crippen LogP contribution >= 0.6 is 0 Å². The molecule has 1 atom stereocenters. The molecule has 1 unspecified atom stereocenters. The number of nitrogens with one attached hydrogen (secondary N) is 1. The van der Waals surface area contributed by atoms with E-state index < -0.39 is 0 Å². The Hall–Kier alpha value is -1.86. The van der Waals surface area contributed by atoms with Crippen molar-refractivity contribution in [3.8, 4) is 0 Å². The first-order chi connectivity index (χ1) is 10.7. The van der Waals surface area contributed by atoms with Crippen LogP contribution in [0.5, 0.6) is 0 Å². The van der Waals surface area contributed by atoms with E-state index in [1.807, 2.05) is 0 Å². The highest BCUT2D eigenvalue weighted by atomic mass is 14.9. The van der Waals surface area contributed by atoms with Crippen LogP contribution < -0.4 is 5.32 Å². The molecular weight excluding hydrogens is 266 g/mol. The van der Waals surface area contributed by atoms with E-state index in [1.54, 1.807) is 0 Å². The second kappa shape index (κ2) is 6.50. The van der Waals surface area contributed by atoms with Gasteiger partial charge in [0, 0.05) is 5.54 Å². The highest BCUT2D eigenvalue weighted by molar-refractivity contribution is 5.76. The SMILES string of the molecule is CNC1(C)CC=C(c2ccccc2)C=C(C2=CC=CCC2)C1. The summed E-state index contributed by atoms with van der Waals surface area (Å²) in [6.45, 7) is 2.32. The fourth-order valence-electron chi connectivity index (χ4n) is 3.22. The van der Waals surface area contributed by atoms with Crippen molar-refractivity contribution in [2.24, 2.45) is 0 Å². The molecule has 22 heavy (non-hydrogen) atoms. The quantitative estimate of drug-likeness (QED) is 0.822. The van der Waals surface area contributed by atoms with E-state index in [-0.39, 0.29) is 5.54 Å². The second-order valence-electron chi connectivity index (χ2n) is 6.55. The minimum atomic E-state index is 0.129. The van der Waals surface area contributed by atoms with Gasteiger partial charge in [-0.05, 0) is 61.9 Å². The predicted octanol–water partition coefficient (Wildman–Crippen LogP) is 5.04. The van der Waals surface area contributed by atoms with E-state index in [1.165, 1.54) is 22.3 Å². The lowest BCUT2D eigenvalue weighted by atomic mass is 9.85. The molecule has 0 spiro atoms. The van der Waals surface area contributed by atoms with Crippen LogP contribution in [0.2, 0.25) is 0 Å². The van der Waals surface area contributed by atoms with Crippen molar-refractivity contribution in [2.45, 2.75) is 38.1 Å². The van der Waals surface area contributed by atoms with E-state index in [4.69, 9.17) is 0 Å². The fraction of sp³-hybridized carbons (Fsp3) is 0.333. The Morgan fingerprint density at radius 1 is 1.09 bits per heavy atom. The maximum Gasteiger partial charge on any atom is 0.0225 e. The van der Waals surface area contributed by atoms with Gasteiger partial charge in [-0.2, -0.15) is 0 Å². The van der Waals surface area contributed by atoms with E-state index in [0.29, 0.717) is 0 Å². The fourth-order valence-corrected chi connectivity index (χ4v) is 3.22. The Balaban J connectivity index is 2.01. The third-order valence-corrected chi connectivity index (χ3v) is 4.82. The molecule has 0 fully saturated rings. The highest BCUT2D eigenvalue weighted by Gasteiger charge is 2.26. The molecule has 2 aliphatic rings. The minimum Gasteiger partial charge on any atom is -0.314 e. The average Bonchev–Trinajstić information content (AvgIpc) is 2.77. The molecule has 0 aromatic heterocycles. The Morgan fingerprint density at radius 2 is 1.91 bits per heavy atom. The van der Waals surface area contributed by atoms with Gasteiger partial charge in [-0.25, -0.2) is 0 Å². The summed E-state index contributed by atoms with van der Waals surface area (Å²) >= 11 is 0. The van der Waals surface area contributed by atoms with Crippen molar-refractivity contribution in [1.82, 2.24) is 5.32 Å². The molecule has 1 nitrogen and oxygen atoms in total. The monoisotopic (exact) mass is 291 g/mol. The molecule has 1 N–H and O–H groups in total. The molecule has 0 aliphatic heterocycles. The average molecular weight is 291 g/mol. The standard InChI is InChI=1S/C21H25N/c1-21(22-2)14-13-19(17-9-5-3-6-10-17)15-20(16-21)18-11-7-4-8-12-18/h3-7,9-11,13,15,22H,8,12,14,16H2,1-2H3. The molecule has 0 saturated heterocycles. The van der Waals surface area contributed by atoms with Crippen LogP contribution in [0, 0.1) is 0 Å². The lowest BCUT2D eigenvalue weighted by Crippen LogP contribution is -2.39. The van der Waals surface area contributed by atoms with Gasteiger partial charge < -0.3 is 5.32 Å². The van der Waals surface area contributed by atoms with Crippen LogP contribution in [-0.2, 0) is 0 Å². The molecule has 0 amide bonds. The number of hydrogen-bond donors (Lipinski definition) is 1. The van der Waals surface area contributed by atoms with Crippen LogP contribution in [0.15, 0.2) is 71.9 Å². The third kappa shape index (κ3) is 3.31. The first-order valence-corrected chi connectivity index (χ1v) is 8.21. The van der Waals surface area contributed by atoms with Gasteiger partial charge in [0.25, 0.3) is 0 Å². The topological polar surface area (TPSA) is 12.0 Å². The maximum absolute atomic E-state index is 3.53. The summed E-state index contributed by atoms with van der Waals surface area (Å²) in [7, 11) is 2.08. The summed E-state index contributed by atoms with van der Waals surface area (Å²) in [6.07, 6.45) is 16.0. The molecule has 114 valence electrons. The highest BCUT2D eigenvalue weighted by Crippen LogP contribution is 2.35. The summed E-state index contributed by atoms with van der Waals surface area (Å²) in [5.41, 5.74) is 5.77. The number of benzene rings is 1. The molecule has 3 rings (SSSR count). The maximum atomic E-state index is 3.53. The number of hydrogen-bond acceptors (Lipinski definition) is 1. The zero-order chi connectivity index (χ0) is 15.4. The summed E-state index contributed by atoms with van der Waals surface area (Å²) in [5, 5.41) is 3.53. The van der Waals surface area contributed by atoms with E-state index in [0.717, 1.165) is 25.7 Å². The van der Waals surface area contributed by atoms with Crippen LogP contribution in [0.3, 0.4) is 0 Å². The van der Waals surface area contributed by atoms with Gasteiger partial charge >= 0.3 is 0 Å². The van der Waals surface area contributed by atoms with Crippen LogP contribution in [0.25, 0.3) is 5.57 Å². The first-order valence-electron chi connectivity index (χ1n) is 8.21. The summed E-state index contributed by atoms with van der Waals surface area (Å²) in [4.78, 5) is 0. The molecule has 1 aromatic carbocycles. The molecule has 1 aromatic rings. The molecule has 0 bridgehead atoms. The Labute approximate surface area is 134 Å². The van der Waals surface area contributed by atoms with Crippen LogP contribution in [-0.4, -0.2) is 12.6 Å². The number of rotatable bonds is 3. The first kappa shape index (κ1) is 15.1. The van der Waals surface area contributed by atoms with Gasteiger partial charge in [0.05, 0.1) is 0 Å². The van der Waals surface area contributed by atoms with E-state index in [9.17, 15) is 0 Å². The second-order valence-corrected chi connectivity index (χ2v) is 6.55. The predicted molar refractivity (Wildman–Crippen MR) is 95.7 cm³/mol. The smallest absolute Gasteiger partial charge is 0.0225 e. The van der Waals surface area contributed by atoms with Crippen LogP contribution in [0.1, 0.15) is 38.2 Å². The van der Waals surface area contributed by atoms with Crippen molar-refractivity contribution >= 4 is 5.57 Å². The zero-order valence-corrected chi connectivity index (χ0v) is 13.6. The van der Waals surface area contributed by atoms with E-state index >= 15 is 0 Å². The molecule has 0 heterocycles. The third-order valence-electron chi connectivity index (χ3n) is 4.82. The van der Waals surface area contributed by atoms with Gasteiger partial charge in [0.15, 0.2) is 0 Å². The molecule has 0 radical (unpaired) electrons. The van der Waals surface area contributed by atoms with Gasteiger partial charge in [-0.1, -0.05) is 60.7 Å². The lowest BCUT2D eigenvalue weighted by Gasteiger charge is -2.29. The van der Waals surface area contributed by atoms with Gasteiger partial charge in [0.1, 0.15) is 0 Å². The van der Waals surface area contributed by atoms with Crippen LogP contribution in [0.4, 0.5) is 0 Å². The summed E-state index contributed by atoms with van der Waals surface area (Å²) in [5.74, 6) is 0. The molecule has 2 aliphatic carbocycles. The van der Waals surface area contributed by atoms with Crippen molar-refractivity contribution in [3.05, 3.63) is 77.4 Å². The Bertz CT molecular complexity index is 646. The van der Waals surface area contributed by atoms with Crippen molar-refractivity contribution in [3.63, 3.8) is 0 Å². The molecular formula is C21H25N. The molecule has 1 heteroatoms. The lowest BCUT2D eigenvalue weighted by molar-refractivity contribution is 0.388. The Kier molecular flexibility index (Phi) is 4.44. The van der Waals surface area contributed by atoms with Gasteiger partial charge in [-0.3, -0.25) is 0 Å². The van der Waals surface area contributed by atoms with Crippen molar-refractivity contribution < 1.29 is 0 Å². The Morgan fingerprint density at radius 3 is 2.59 bits per heavy atom. The van der Waals surface area contributed by atoms with Crippen molar-refractivity contribution in [1.29, 1.82) is 0 Å². The number of allylic oxidation sites excluding steroid dienone is 6.